The average molecular weight is 326 g/mol. The number of amides is 1. The lowest BCUT2D eigenvalue weighted by molar-refractivity contribution is -0.141. The summed E-state index contributed by atoms with van der Waals surface area (Å²) in [5.74, 6) is -1.47. The van der Waals surface area contributed by atoms with Crippen LogP contribution in [0.25, 0.3) is 0 Å². The van der Waals surface area contributed by atoms with Crippen LogP contribution >= 0.6 is 0 Å². The van der Waals surface area contributed by atoms with Crippen LogP contribution in [0.4, 0.5) is 5.69 Å². The van der Waals surface area contributed by atoms with Crippen molar-refractivity contribution in [1.82, 2.24) is 4.90 Å². The van der Waals surface area contributed by atoms with E-state index in [1.165, 1.54) is 24.3 Å². The summed E-state index contributed by atoms with van der Waals surface area (Å²) in [6, 6.07) is 5.28. The Kier molecular flexibility index (Phi) is 4.41. The number of carbonyl (C=O) groups is 2. The third-order valence-corrected chi connectivity index (χ3v) is 5.61. The van der Waals surface area contributed by atoms with Crippen molar-refractivity contribution in [2.24, 2.45) is 0 Å². The van der Waals surface area contributed by atoms with E-state index in [0.29, 0.717) is 18.7 Å². The van der Waals surface area contributed by atoms with Crippen molar-refractivity contribution in [2.45, 2.75) is 19.4 Å². The molecule has 1 aromatic rings. The molecule has 1 N–H and O–H groups in total. The van der Waals surface area contributed by atoms with E-state index in [2.05, 4.69) is 0 Å². The Labute approximate surface area is 129 Å². The van der Waals surface area contributed by atoms with Gasteiger partial charge in [-0.15, -0.1) is 0 Å². The van der Waals surface area contributed by atoms with Gasteiger partial charge in [0, 0.05) is 19.2 Å². The monoisotopic (exact) mass is 326 g/mol. The molecule has 8 heteroatoms. The van der Waals surface area contributed by atoms with E-state index in [1.807, 2.05) is 0 Å². The lowest BCUT2D eigenvalue weighted by Crippen LogP contribution is -2.40. The normalized spacial score (nSPS) is 18.0. The number of carboxylic acid groups (broad SMARTS) is 1. The average Bonchev–Trinajstić information content (AvgIpc) is 2.84. The molecule has 1 unspecified atom stereocenters. The van der Waals surface area contributed by atoms with Crippen LogP contribution in [0.3, 0.4) is 0 Å². The molecule has 1 atom stereocenters. The predicted molar refractivity (Wildman–Crippen MR) is 81.4 cm³/mol. The lowest BCUT2D eigenvalue weighted by Gasteiger charge is -2.22. The van der Waals surface area contributed by atoms with E-state index >= 15 is 0 Å². The summed E-state index contributed by atoms with van der Waals surface area (Å²) in [7, 11) is -1.92. The van der Waals surface area contributed by atoms with Gasteiger partial charge in [0.1, 0.15) is 6.04 Å². The molecule has 1 heterocycles. The number of likely N-dealkylation sites (N-methyl/N-ethyl adjacent to an activating group) is 1. The molecule has 0 spiro atoms. The maximum atomic E-state index is 12.3. The Morgan fingerprint density at radius 2 is 2.05 bits per heavy atom. The second-order valence-corrected chi connectivity index (χ2v) is 7.24. The fourth-order valence-electron chi connectivity index (χ4n) is 2.27. The number of anilines is 1. The quantitative estimate of drug-likeness (QED) is 0.882. The number of sulfonamides is 1. The molecule has 0 aliphatic carbocycles. The fourth-order valence-corrected chi connectivity index (χ4v) is 3.83. The summed E-state index contributed by atoms with van der Waals surface area (Å²) < 4.78 is 25.1. The molecule has 1 aromatic carbocycles. The highest BCUT2D eigenvalue weighted by Gasteiger charge is 2.29. The Hall–Kier alpha value is -2.09. The zero-order valence-electron chi connectivity index (χ0n) is 12.4. The largest absolute Gasteiger partial charge is 0.480 e. The van der Waals surface area contributed by atoms with Crippen LogP contribution in [0.5, 0.6) is 0 Å². The molecule has 1 amide bonds. The summed E-state index contributed by atoms with van der Waals surface area (Å²) in [5, 5.41) is 8.96. The number of carboxylic acids is 1. The minimum atomic E-state index is -3.32. The topological polar surface area (TPSA) is 95.0 Å². The first-order valence-electron chi connectivity index (χ1n) is 6.84. The van der Waals surface area contributed by atoms with Crippen LogP contribution in [0.1, 0.15) is 23.7 Å². The highest BCUT2D eigenvalue weighted by Crippen LogP contribution is 2.25. The Balaban J connectivity index is 2.29. The molecule has 1 fully saturated rings. The van der Waals surface area contributed by atoms with Gasteiger partial charge >= 0.3 is 5.97 Å². The molecule has 2 rings (SSSR count). The SMILES string of the molecule is CC(C(=O)O)N(C)C(=O)c1cccc(N2CCCS2(=O)=O)c1. The summed E-state index contributed by atoms with van der Waals surface area (Å²) in [6.45, 7) is 1.80. The van der Waals surface area contributed by atoms with Crippen molar-refractivity contribution < 1.29 is 23.1 Å². The maximum Gasteiger partial charge on any atom is 0.326 e. The van der Waals surface area contributed by atoms with Gasteiger partial charge in [0.2, 0.25) is 10.0 Å². The van der Waals surface area contributed by atoms with Crippen molar-refractivity contribution in [1.29, 1.82) is 0 Å². The molecule has 7 nitrogen and oxygen atoms in total. The first kappa shape index (κ1) is 16.3. The zero-order chi connectivity index (χ0) is 16.5. The first-order valence-corrected chi connectivity index (χ1v) is 8.45. The third-order valence-electron chi connectivity index (χ3n) is 3.74. The molecule has 0 bridgehead atoms. The number of carbonyl (C=O) groups excluding carboxylic acids is 1. The molecule has 1 aliphatic rings. The van der Waals surface area contributed by atoms with E-state index in [9.17, 15) is 18.0 Å². The van der Waals surface area contributed by atoms with Gasteiger partial charge in [-0.2, -0.15) is 0 Å². The van der Waals surface area contributed by atoms with E-state index in [0.717, 1.165) is 4.90 Å². The first-order chi connectivity index (χ1) is 10.2. The molecular formula is C14H18N2O5S. The van der Waals surface area contributed by atoms with Gasteiger partial charge in [-0.3, -0.25) is 9.10 Å². The standard InChI is InChI=1S/C14H18N2O5S/c1-10(14(18)19)15(2)13(17)11-5-3-6-12(9-11)16-7-4-8-22(16,20)21/h3,5-6,9-10H,4,7-8H2,1-2H3,(H,18,19). The highest BCUT2D eigenvalue weighted by atomic mass is 32.2. The zero-order valence-corrected chi connectivity index (χ0v) is 13.2. The van der Waals surface area contributed by atoms with Crippen LogP contribution in [0, 0.1) is 0 Å². The van der Waals surface area contributed by atoms with Crippen molar-refractivity contribution in [2.75, 3.05) is 23.7 Å². The van der Waals surface area contributed by atoms with Gasteiger partial charge < -0.3 is 10.0 Å². The number of benzene rings is 1. The number of hydrogen-bond acceptors (Lipinski definition) is 4. The predicted octanol–water partition coefficient (Wildman–Crippen LogP) is 0.772. The minimum Gasteiger partial charge on any atom is -0.480 e. The number of aliphatic carboxylic acids is 1. The van der Waals surface area contributed by atoms with E-state index in [-0.39, 0.29) is 11.3 Å². The fraction of sp³-hybridized carbons (Fsp3) is 0.429. The van der Waals surface area contributed by atoms with Crippen molar-refractivity contribution in [3.05, 3.63) is 29.8 Å². The van der Waals surface area contributed by atoms with Gasteiger partial charge in [0.05, 0.1) is 11.4 Å². The lowest BCUT2D eigenvalue weighted by atomic mass is 10.1. The van der Waals surface area contributed by atoms with Gasteiger partial charge in [-0.05, 0) is 31.5 Å². The van der Waals surface area contributed by atoms with Crippen LogP contribution < -0.4 is 4.31 Å². The van der Waals surface area contributed by atoms with Gasteiger partial charge in [0.15, 0.2) is 0 Å². The van der Waals surface area contributed by atoms with E-state index < -0.39 is 27.9 Å². The maximum absolute atomic E-state index is 12.3. The van der Waals surface area contributed by atoms with Crippen LogP contribution in [0.2, 0.25) is 0 Å². The van der Waals surface area contributed by atoms with Crippen LogP contribution in [-0.4, -0.2) is 55.7 Å². The summed E-state index contributed by atoms with van der Waals surface area (Å²) in [4.78, 5) is 24.4. The molecule has 0 saturated carbocycles. The smallest absolute Gasteiger partial charge is 0.326 e. The summed E-state index contributed by atoms with van der Waals surface area (Å²) in [6.07, 6.45) is 0.552. The third kappa shape index (κ3) is 3.06. The molecule has 0 radical (unpaired) electrons. The van der Waals surface area contributed by atoms with Gasteiger partial charge in [-0.25, -0.2) is 13.2 Å². The second-order valence-electron chi connectivity index (χ2n) is 5.22. The van der Waals surface area contributed by atoms with Crippen LogP contribution in [-0.2, 0) is 14.8 Å². The summed E-state index contributed by atoms with van der Waals surface area (Å²) in [5.41, 5.74) is 0.690. The van der Waals surface area contributed by atoms with Crippen LogP contribution in [0.15, 0.2) is 24.3 Å². The van der Waals surface area contributed by atoms with E-state index in [1.54, 1.807) is 18.2 Å². The molecular weight excluding hydrogens is 308 g/mol. The van der Waals surface area contributed by atoms with Crippen molar-refractivity contribution in [3.63, 3.8) is 0 Å². The van der Waals surface area contributed by atoms with Gasteiger partial charge in [0.25, 0.3) is 5.91 Å². The molecule has 22 heavy (non-hydrogen) atoms. The minimum absolute atomic E-state index is 0.0983. The highest BCUT2D eigenvalue weighted by molar-refractivity contribution is 7.93. The number of nitrogens with zero attached hydrogens (tertiary/aromatic N) is 2. The Morgan fingerprint density at radius 3 is 2.59 bits per heavy atom. The Bertz CT molecular complexity index is 701. The molecule has 1 aliphatic heterocycles. The Morgan fingerprint density at radius 1 is 1.36 bits per heavy atom. The van der Waals surface area contributed by atoms with Gasteiger partial charge in [-0.1, -0.05) is 6.07 Å². The molecule has 1 saturated heterocycles. The van der Waals surface area contributed by atoms with Crippen molar-refractivity contribution >= 4 is 27.6 Å². The second kappa shape index (κ2) is 5.96. The molecule has 120 valence electrons. The number of rotatable bonds is 4. The summed E-state index contributed by atoms with van der Waals surface area (Å²) >= 11 is 0. The molecule has 0 aromatic heterocycles. The number of hydrogen-bond donors (Lipinski definition) is 1. The van der Waals surface area contributed by atoms with Crippen molar-refractivity contribution in [3.8, 4) is 0 Å². The van der Waals surface area contributed by atoms with E-state index in [4.69, 9.17) is 5.11 Å².